The number of anilines is 1. The molecule has 8 heteroatoms. The van der Waals surface area contributed by atoms with E-state index in [2.05, 4.69) is 5.32 Å². The van der Waals surface area contributed by atoms with Crippen LogP contribution in [0.15, 0.2) is 42.5 Å². The van der Waals surface area contributed by atoms with Crippen LogP contribution in [0.4, 0.5) is 5.69 Å². The van der Waals surface area contributed by atoms with Crippen LogP contribution < -0.4 is 10.1 Å². The molecule has 0 saturated heterocycles. The van der Waals surface area contributed by atoms with Gasteiger partial charge in [0.05, 0.1) is 27.8 Å². The number of nitriles is 1. The second-order valence-electron chi connectivity index (χ2n) is 5.29. The molecule has 0 saturated carbocycles. The molecule has 0 atom stereocenters. The standard InChI is InChI=1S/C18H15Cl2N3O3/c1-23(10-16(24)22-18-13(19)6-4-7-14(18)20)17(25)11-26-15-8-3-2-5-12(15)9-21/h2-8H,10-11H2,1H3,(H,22,24). The first-order valence-electron chi connectivity index (χ1n) is 7.52. The summed E-state index contributed by atoms with van der Waals surface area (Å²) in [6, 6.07) is 13.4. The van der Waals surface area contributed by atoms with E-state index in [-0.39, 0.29) is 13.2 Å². The Kier molecular flexibility index (Phi) is 6.84. The molecule has 0 bridgehead atoms. The number of carbonyl (C=O) groups excluding carboxylic acids is 2. The fourth-order valence-electron chi connectivity index (χ4n) is 2.03. The number of hydrogen-bond acceptors (Lipinski definition) is 4. The van der Waals surface area contributed by atoms with Gasteiger partial charge in [0.25, 0.3) is 5.91 Å². The Morgan fingerprint density at radius 3 is 2.46 bits per heavy atom. The van der Waals surface area contributed by atoms with Gasteiger partial charge < -0.3 is 15.0 Å². The predicted molar refractivity (Wildman–Crippen MR) is 99.4 cm³/mol. The molecule has 0 unspecified atom stereocenters. The number of benzene rings is 2. The van der Waals surface area contributed by atoms with E-state index >= 15 is 0 Å². The van der Waals surface area contributed by atoms with Crippen molar-refractivity contribution in [3.8, 4) is 11.8 Å². The minimum absolute atomic E-state index is 0.205. The van der Waals surface area contributed by atoms with Gasteiger partial charge in [-0.1, -0.05) is 41.4 Å². The maximum absolute atomic E-state index is 12.1. The monoisotopic (exact) mass is 391 g/mol. The fourth-order valence-corrected chi connectivity index (χ4v) is 2.53. The number of nitrogens with zero attached hydrogens (tertiary/aromatic N) is 2. The first-order valence-corrected chi connectivity index (χ1v) is 8.27. The molecule has 0 aromatic heterocycles. The van der Waals surface area contributed by atoms with Gasteiger partial charge in [0.15, 0.2) is 6.61 Å². The highest BCUT2D eigenvalue weighted by molar-refractivity contribution is 6.39. The highest BCUT2D eigenvalue weighted by Gasteiger charge is 2.16. The van der Waals surface area contributed by atoms with E-state index in [9.17, 15) is 9.59 Å². The molecule has 2 rings (SSSR count). The lowest BCUT2D eigenvalue weighted by Gasteiger charge is -2.18. The molecule has 0 aliphatic heterocycles. The molecular weight excluding hydrogens is 377 g/mol. The summed E-state index contributed by atoms with van der Waals surface area (Å²) in [5.41, 5.74) is 0.620. The lowest BCUT2D eigenvalue weighted by atomic mass is 10.2. The molecule has 0 radical (unpaired) electrons. The zero-order valence-corrected chi connectivity index (χ0v) is 15.3. The lowest BCUT2D eigenvalue weighted by molar-refractivity contribution is -0.135. The minimum atomic E-state index is -0.451. The Morgan fingerprint density at radius 2 is 1.81 bits per heavy atom. The number of hydrogen-bond donors (Lipinski definition) is 1. The Morgan fingerprint density at radius 1 is 1.15 bits per heavy atom. The quantitative estimate of drug-likeness (QED) is 0.818. The normalized spacial score (nSPS) is 9.92. The van der Waals surface area contributed by atoms with E-state index in [0.29, 0.717) is 27.0 Å². The van der Waals surface area contributed by atoms with Crippen molar-refractivity contribution in [1.82, 2.24) is 4.90 Å². The van der Waals surface area contributed by atoms with Crippen molar-refractivity contribution in [2.75, 3.05) is 25.5 Å². The number of rotatable bonds is 6. The van der Waals surface area contributed by atoms with E-state index in [4.69, 9.17) is 33.2 Å². The summed E-state index contributed by atoms with van der Waals surface area (Å²) >= 11 is 12.0. The summed E-state index contributed by atoms with van der Waals surface area (Å²) in [6.07, 6.45) is 0. The number of amides is 2. The molecular formula is C18H15Cl2N3O3. The van der Waals surface area contributed by atoms with Crippen LogP contribution in [0.25, 0.3) is 0 Å². The Balaban J connectivity index is 1.90. The Bertz CT molecular complexity index is 845. The van der Waals surface area contributed by atoms with Crippen molar-refractivity contribution >= 4 is 40.7 Å². The van der Waals surface area contributed by atoms with Gasteiger partial charge in [0, 0.05) is 7.05 Å². The molecule has 0 spiro atoms. The van der Waals surface area contributed by atoms with Crippen LogP contribution in [0.5, 0.6) is 5.75 Å². The van der Waals surface area contributed by atoms with Crippen LogP contribution in [0.3, 0.4) is 0 Å². The number of carbonyl (C=O) groups is 2. The number of ether oxygens (including phenoxy) is 1. The van der Waals surface area contributed by atoms with Gasteiger partial charge in [-0.3, -0.25) is 9.59 Å². The average molecular weight is 392 g/mol. The topological polar surface area (TPSA) is 82.4 Å². The molecule has 6 nitrogen and oxygen atoms in total. The molecule has 26 heavy (non-hydrogen) atoms. The summed E-state index contributed by atoms with van der Waals surface area (Å²) < 4.78 is 5.36. The van der Waals surface area contributed by atoms with Crippen LogP contribution in [0, 0.1) is 11.3 Å². The maximum atomic E-state index is 12.1. The van der Waals surface area contributed by atoms with Crippen molar-refractivity contribution in [2.45, 2.75) is 0 Å². The third kappa shape index (κ3) is 5.12. The van der Waals surface area contributed by atoms with Gasteiger partial charge in [-0.25, -0.2) is 0 Å². The number of halogens is 2. The van der Waals surface area contributed by atoms with E-state index in [0.717, 1.165) is 0 Å². The summed E-state index contributed by atoms with van der Waals surface area (Å²) in [7, 11) is 1.47. The molecule has 134 valence electrons. The highest BCUT2D eigenvalue weighted by atomic mass is 35.5. The van der Waals surface area contributed by atoms with Crippen molar-refractivity contribution in [3.63, 3.8) is 0 Å². The lowest BCUT2D eigenvalue weighted by Crippen LogP contribution is -2.37. The number of nitrogens with one attached hydrogen (secondary N) is 1. The summed E-state index contributed by atoms with van der Waals surface area (Å²) in [5.74, 6) is -0.560. The van der Waals surface area contributed by atoms with Crippen molar-refractivity contribution in [3.05, 3.63) is 58.1 Å². The van der Waals surface area contributed by atoms with Crippen LogP contribution in [-0.2, 0) is 9.59 Å². The average Bonchev–Trinajstić information content (AvgIpc) is 2.63. The second-order valence-corrected chi connectivity index (χ2v) is 6.11. The molecule has 0 aliphatic rings. The fraction of sp³-hybridized carbons (Fsp3) is 0.167. The largest absolute Gasteiger partial charge is 0.482 e. The SMILES string of the molecule is CN(CC(=O)Nc1c(Cl)cccc1Cl)C(=O)COc1ccccc1C#N. The van der Waals surface area contributed by atoms with Crippen LogP contribution in [0.2, 0.25) is 10.0 Å². The first kappa shape index (κ1) is 19.6. The Labute approximate surface area is 160 Å². The Hall–Kier alpha value is -2.75. The predicted octanol–water partition coefficient (Wildman–Crippen LogP) is 3.34. The van der Waals surface area contributed by atoms with Crippen LogP contribution in [0.1, 0.15) is 5.56 Å². The van der Waals surface area contributed by atoms with Crippen LogP contribution >= 0.6 is 23.2 Å². The van der Waals surface area contributed by atoms with Gasteiger partial charge in [-0.2, -0.15) is 5.26 Å². The first-order chi connectivity index (χ1) is 12.4. The van der Waals surface area contributed by atoms with E-state index in [1.807, 2.05) is 6.07 Å². The van der Waals surface area contributed by atoms with E-state index < -0.39 is 11.8 Å². The van der Waals surface area contributed by atoms with Gasteiger partial charge in [-0.15, -0.1) is 0 Å². The summed E-state index contributed by atoms with van der Waals surface area (Å²) in [5, 5.41) is 12.2. The summed E-state index contributed by atoms with van der Waals surface area (Å²) in [4.78, 5) is 25.4. The van der Waals surface area contributed by atoms with Gasteiger partial charge >= 0.3 is 0 Å². The van der Waals surface area contributed by atoms with Crippen molar-refractivity contribution in [2.24, 2.45) is 0 Å². The highest BCUT2D eigenvalue weighted by Crippen LogP contribution is 2.29. The third-order valence-electron chi connectivity index (χ3n) is 3.39. The molecule has 0 fully saturated rings. The molecule has 2 aromatic carbocycles. The third-order valence-corrected chi connectivity index (χ3v) is 4.02. The van der Waals surface area contributed by atoms with E-state index in [1.165, 1.54) is 11.9 Å². The molecule has 0 heterocycles. The van der Waals surface area contributed by atoms with E-state index in [1.54, 1.807) is 42.5 Å². The zero-order chi connectivity index (χ0) is 19.1. The van der Waals surface area contributed by atoms with Crippen molar-refractivity contribution in [1.29, 1.82) is 5.26 Å². The number of likely N-dealkylation sites (N-methyl/N-ethyl adjacent to an activating group) is 1. The smallest absolute Gasteiger partial charge is 0.260 e. The zero-order valence-electron chi connectivity index (χ0n) is 13.8. The maximum Gasteiger partial charge on any atom is 0.260 e. The molecule has 2 aromatic rings. The molecule has 0 aliphatic carbocycles. The molecule has 1 N–H and O–H groups in total. The minimum Gasteiger partial charge on any atom is -0.482 e. The van der Waals surface area contributed by atoms with Gasteiger partial charge in [-0.05, 0) is 24.3 Å². The van der Waals surface area contributed by atoms with Gasteiger partial charge in [0.1, 0.15) is 11.8 Å². The van der Waals surface area contributed by atoms with Gasteiger partial charge in [0.2, 0.25) is 5.91 Å². The number of para-hydroxylation sites is 2. The molecule has 2 amide bonds. The van der Waals surface area contributed by atoms with Crippen molar-refractivity contribution < 1.29 is 14.3 Å². The summed E-state index contributed by atoms with van der Waals surface area (Å²) in [6.45, 7) is -0.501. The second kappa shape index (κ2) is 9.09. The van der Waals surface area contributed by atoms with Crippen LogP contribution in [-0.4, -0.2) is 36.9 Å².